The predicted octanol–water partition coefficient (Wildman–Crippen LogP) is 6.82. The smallest absolute Gasteiger partial charge is 0.264 e. The van der Waals surface area contributed by atoms with Gasteiger partial charge in [-0.05, 0) is 86.3 Å². The maximum Gasteiger partial charge on any atom is 0.264 e. The molecule has 4 aromatic rings. The van der Waals surface area contributed by atoms with Crippen LogP contribution in [0.2, 0.25) is 0 Å². The maximum atomic E-state index is 14.7. The summed E-state index contributed by atoms with van der Waals surface area (Å²) in [6.45, 7) is 3.73. The van der Waals surface area contributed by atoms with Gasteiger partial charge < -0.3 is 15.0 Å². The van der Waals surface area contributed by atoms with Crippen LogP contribution in [-0.4, -0.2) is 50.4 Å². The van der Waals surface area contributed by atoms with Crippen molar-refractivity contribution in [3.8, 4) is 5.75 Å². The van der Waals surface area contributed by atoms with Gasteiger partial charge in [0.05, 0.1) is 17.2 Å². The Hall–Kier alpha value is -4.70. The monoisotopic (exact) mass is 685 g/mol. The van der Waals surface area contributed by atoms with Crippen LogP contribution >= 0.6 is 0 Å². The van der Waals surface area contributed by atoms with Crippen LogP contribution in [0.5, 0.6) is 5.75 Å². The van der Waals surface area contributed by atoms with Crippen LogP contribution in [-0.2, 0) is 32.6 Å². The molecule has 0 bridgehead atoms. The van der Waals surface area contributed by atoms with E-state index in [1.54, 1.807) is 24.3 Å². The van der Waals surface area contributed by atoms with Crippen molar-refractivity contribution in [2.24, 2.45) is 0 Å². The fourth-order valence-electron chi connectivity index (χ4n) is 6.13. The molecule has 49 heavy (non-hydrogen) atoms. The second-order valence-corrected chi connectivity index (χ2v) is 14.3. The molecule has 1 saturated carbocycles. The highest BCUT2D eigenvalue weighted by Gasteiger charge is 2.35. The van der Waals surface area contributed by atoms with Crippen LogP contribution in [0.4, 0.5) is 10.1 Å². The number of carbonyl (C=O) groups excluding carboxylic acids is 2. The molecule has 0 spiro atoms. The molecule has 258 valence electrons. The molecule has 10 heteroatoms. The lowest BCUT2D eigenvalue weighted by molar-refractivity contribution is -0.140. The van der Waals surface area contributed by atoms with Gasteiger partial charge in [0, 0.05) is 19.0 Å². The van der Waals surface area contributed by atoms with Crippen molar-refractivity contribution in [1.29, 1.82) is 0 Å². The third kappa shape index (κ3) is 9.47. The zero-order chi connectivity index (χ0) is 34.8. The van der Waals surface area contributed by atoms with Crippen LogP contribution in [0.3, 0.4) is 0 Å². The number of amides is 2. The molecule has 0 radical (unpaired) electrons. The zero-order valence-corrected chi connectivity index (χ0v) is 28.9. The number of hydrogen-bond acceptors (Lipinski definition) is 5. The average Bonchev–Trinajstić information content (AvgIpc) is 3.11. The topological polar surface area (TPSA) is 96.0 Å². The second kappa shape index (κ2) is 16.6. The van der Waals surface area contributed by atoms with Crippen molar-refractivity contribution in [3.05, 3.63) is 126 Å². The summed E-state index contributed by atoms with van der Waals surface area (Å²) in [5.41, 5.74) is 2.94. The molecule has 0 aromatic heterocycles. The van der Waals surface area contributed by atoms with Gasteiger partial charge in [-0.3, -0.25) is 13.9 Å². The standard InChI is InChI=1S/C39H44FN3O5S/c1-3-48-35-22-20-34(21-23-35)43(49(46,47)36-24-18-32(40)19-25-36)28-38(44)42(27-31-16-14-29(2)15-17-31)37(26-30-10-6-4-7-11-30)39(45)41-33-12-8-5-9-13-33/h4,6-7,10-11,14-25,33,37H,3,5,8-9,12-13,26-28H2,1-2H3,(H,41,45)/t37-/m1/s1. The predicted molar refractivity (Wildman–Crippen MR) is 189 cm³/mol. The third-order valence-corrected chi connectivity index (χ3v) is 10.6. The van der Waals surface area contributed by atoms with Gasteiger partial charge in [0.2, 0.25) is 11.8 Å². The summed E-state index contributed by atoms with van der Waals surface area (Å²) in [7, 11) is -4.35. The summed E-state index contributed by atoms with van der Waals surface area (Å²) in [6.07, 6.45) is 5.16. The van der Waals surface area contributed by atoms with Crippen molar-refractivity contribution in [2.75, 3.05) is 17.5 Å². The normalized spacial score (nSPS) is 14.1. The Morgan fingerprint density at radius 2 is 1.51 bits per heavy atom. The highest BCUT2D eigenvalue weighted by molar-refractivity contribution is 7.92. The van der Waals surface area contributed by atoms with Crippen molar-refractivity contribution in [2.45, 2.75) is 75.9 Å². The van der Waals surface area contributed by atoms with Crippen molar-refractivity contribution in [1.82, 2.24) is 10.2 Å². The van der Waals surface area contributed by atoms with E-state index in [0.29, 0.717) is 12.4 Å². The number of ether oxygens (including phenoxy) is 1. The average molecular weight is 686 g/mol. The van der Waals surface area contributed by atoms with E-state index in [1.165, 1.54) is 17.0 Å². The third-order valence-electron chi connectivity index (χ3n) is 8.81. The Bertz CT molecular complexity index is 1780. The van der Waals surface area contributed by atoms with Crippen LogP contribution in [0.15, 0.2) is 108 Å². The molecule has 1 aliphatic rings. The number of anilines is 1. The molecule has 1 atom stereocenters. The Morgan fingerprint density at radius 3 is 2.14 bits per heavy atom. The summed E-state index contributed by atoms with van der Waals surface area (Å²) >= 11 is 0. The molecule has 0 aliphatic heterocycles. The minimum atomic E-state index is -4.35. The van der Waals surface area contributed by atoms with Gasteiger partial charge in [-0.15, -0.1) is 0 Å². The number of rotatable bonds is 14. The van der Waals surface area contributed by atoms with Gasteiger partial charge in [-0.25, -0.2) is 12.8 Å². The minimum Gasteiger partial charge on any atom is -0.494 e. The Labute approximate surface area is 289 Å². The number of nitrogens with zero attached hydrogens (tertiary/aromatic N) is 2. The lowest BCUT2D eigenvalue weighted by Gasteiger charge is -2.35. The molecular formula is C39H44FN3O5S. The fraction of sp³-hybridized carbons (Fsp3) is 0.333. The molecular weight excluding hydrogens is 642 g/mol. The van der Waals surface area contributed by atoms with Crippen molar-refractivity contribution >= 4 is 27.5 Å². The van der Waals surface area contributed by atoms with E-state index >= 15 is 0 Å². The van der Waals surface area contributed by atoms with E-state index in [2.05, 4.69) is 5.32 Å². The maximum absolute atomic E-state index is 14.7. The van der Waals surface area contributed by atoms with Gasteiger partial charge in [0.1, 0.15) is 24.2 Å². The number of nitrogens with one attached hydrogen (secondary N) is 1. The van der Waals surface area contributed by atoms with Gasteiger partial charge in [0.15, 0.2) is 0 Å². The molecule has 1 N–H and O–H groups in total. The summed E-state index contributed by atoms with van der Waals surface area (Å²) in [5.74, 6) is -0.871. The molecule has 5 rings (SSSR count). The van der Waals surface area contributed by atoms with Gasteiger partial charge in [-0.2, -0.15) is 0 Å². The first kappa shape index (κ1) is 35.6. The summed E-state index contributed by atoms with van der Waals surface area (Å²) in [5, 5.41) is 3.22. The first-order valence-electron chi connectivity index (χ1n) is 16.8. The summed E-state index contributed by atoms with van der Waals surface area (Å²) < 4.78 is 48.8. The van der Waals surface area contributed by atoms with Crippen LogP contribution in [0.1, 0.15) is 55.7 Å². The number of hydrogen-bond donors (Lipinski definition) is 1. The molecule has 4 aromatic carbocycles. The lowest BCUT2D eigenvalue weighted by atomic mass is 9.94. The largest absolute Gasteiger partial charge is 0.494 e. The van der Waals surface area contributed by atoms with E-state index in [-0.39, 0.29) is 35.5 Å². The molecule has 2 amide bonds. The van der Waals surface area contributed by atoms with Crippen molar-refractivity contribution in [3.63, 3.8) is 0 Å². The quantitative estimate of drug-likeness (QED) is 0.157. The van der Waals surface area contributed by atoms with Crippen LogP contribution < -0.4 is 14.4 Å². The lowest BCUT2D eigenvalue weighted by Crippen LogP contribution is -2.55. The highest BCUT2D eigenvalue weighted by atomic mass is 32.2. The fourth-order valence-corrected chi connectivity index (χ4v) is 7.54. The number of carbonyl (C=O) groups is 2. The number of aryl methyl sites for hydroxylation is 1. The Morgan fingerprint density at radius 1 is 0.857 bits per heavy atom. The Balaban J connectivity index is 1.56. The zero-order valence-electron chi connectivity index (χ0n) is 28.1. The molecule has 0 heterocycles. The number of sulfonamides is 1. The van der Waals surface area contributed by atoms with Crippen molar-refractivity contribution < 1.29 is 27.1 Å². The molecule has 0 saturated heterocycles. The SMILES string of the molecule is CCOc1ccc(N(CC(=O)N(Cc2ccc(C)cc2)[C@H](Cc2ccccc2)C(=O)NC2CCCCC2)S(=O)(=O)c2ccc(F)cc2)cc1. The van der Waals surface area contributed by atoms with E-state index in [1.807, 2.05) is 68.4 Å². The summed E-state index contributed by atoms with van der Waals surface area (Å²) in [6, 6.07) is 27.2. The summed E-state index contributed by atoms with van der Waals surface area (Å²) in [4.78, 5) is 30.2. The van der Waals surface area contributed by atoms with Gasteiger partial charge in [-0.1, -0.05) is 79.4 Å². The second-order valence-electron chi connectivity index (χ2n) is 12.4. The van der Waals surface area contributed by atoms with Crippen LogP contribution in [0, 0.1) is 12.7 Å². The molecule has 8 nitrogen and oxygen atoms in total. The molecule has 0 unspecified atom stereocenters. The van der Waals surface area contributed by atoms with E-state index < -0.39 is 34.3 Å². The minimum absolute atomic E-state index is 0.00931. The highest BCUT2D eigenvalue weighted by Crippen LogP contribution is 2.27. The number of halogens is 1. The van der Waals surface area contributed by atoms with E-state index in [0.717, 1.165) is 65.2 Å². The molecule has 1 fully saturated rings. The molecule has 1 aliphatic carbocycles. The first-order chi connectivity index (χ1) is 23.6. The van der Waals surface area contributed by atoms with E-state index in [9.17, 15) is 22.4 Å². The Kier molecular flexibility index (Phi) is 12.1. The van der Waals surface area contributed by atoms with Crippen LogP contribution in [0.25, 0.3) is 0 Å². The van der Waals surface area contributed by atoms with Gasteiger partial charge >= 0.3 is 0 Å². The van der Waals surface area contributed by atoms with E-state index in [4.69, 9.17) is 4.74 Å². The van der Waals surface area contributed by atoms with Gasteiger partial charge in [0.25, 0.3) is 10.0 Å². The number of benzene rings is 4. The first-order valence-corrected chi connectivity index (χ1v) is 18.3.